The Balaban J connectivity index is 0.000000293. The number of thiol groups is 1. The van der Waals surface area contributed by atoms with Crippen LogP contribution in [0.15, 0.2) is 29.2 Å². The lowest BCUT2D eigenvalue weighted by molar-refractivity contribution is 0.112. The Bertz CT molecular complexity index is 268. The topological polar surface area (TPSA) is 17.1 Å². The molecule has 0 atom stereocenters. The smallest absolute Gasteiger partial charge is 0.150 e. The van der Waals surface area contributed by atoms with Gasteiger partial charge in [-0.15, -0.1) is 12.6 Å². The molecule has 0 bridgehead atoms. The van der Waals surface area contributed by atoms with Gasteiger partial charge in [0.05, 0.1) is 0 Å². The molecule has 1 nitrogen and oxygen atoms in total. The van der Waals surface area contributed by atoms with E-state index in [1.807, 2.05) is 0 Å². The number of carbonyl (C=O) groups is 1. The van der Waals surface area contributed by atoms with Gasteiger partial charge < -0.3 is 0 Å². The Kier molecular flexibility index (Phi) is 11.0. The van der Waals surface area contributed by atoms with Crippen molar-refractivity contribution in [3.8, 4) is 0 Å². The van der Waals surface area contributed by atoms with Crippen LogP contribution in [0.2, 0.25) is 0 Å². The molecule has 3 heteroatoms. The zero-order valence-corrected chi connectivity index (χ0v) is 12.1. The van der Waals surface area contributed by atoms with Gasteiger partial charge in [-0.1, -0.05) is 54.2 Å². The van der Waals surface area contributed by atoms with Crippen LogP contribution in [0.25, 0.3) is 0 Å². The van der Waals surface area contributed by atoms with E-state index in [2.05, 4.69) is 35.5 Å². The highest BCUT2D eigenvalue weighted by Crippen LogP contribution is 2.05. The minimum absolute atomic E-state index is 0.688. The minimum Gasteiger partial charge on any atom is -0.298 e. The van der Waals surface area contributed by atoms with Crippen LogP contribution in [0.3, 0.4) is 0 Å². The number of carbonyl (C=O) groups excluding carboxylic acids is 1. The summed E-state index contributed by atoms with van der Waals surface area (Å²) in [4.78, 5) is 11.0. The largest absolute Gasteiger partial charge is 0.298 e. The Hall–Kier alpha value is -0.280. The van der Waals surface area contributed by atoms with Gasteiger partial charge in [0.2, 0.25) is 0 Å². The average Bonchev–Trinajstić information content (AvgIpc) is 2.32. The molecule has 0 radical (unpaired) electrons. The van der Waals surface area contributed by atoms with Crippen LogP contribution >= 0.6 is 28.6 Å². The van der Waals surface area contributed by atoms with Gasteiger partial charge in [-0.3, -0.25) is 4.79 Å². The van der Waals surface area contributed by atoms with Crippen LogP contribution in [0.4, 0.5) is 0 Å². The monoisotopic (exact) mass is 302 g/mol. The first-order chi connectivity index (χ1) is 7.74. The predicted octanol–water partition coefficient (Wildman–Crippen LogP) is 4.75. The van der Waals surface area contributed by atoms with Gasteiger partial charge in [-0.25, -0.2) is 0 Å². The first kappa shape index (κ1) is 15.7. The van der Waals surface area contributed by atoms with Crippen molar-refractivity contribution in [2.45, 2.75) is 37.5 Å². The van der Waals surface area contributed by atoms with Gasteiger partial charge in [-0.05, 0) is 18.6 Å². The molecule has 0 aliphatic carbocycles. The fourth-order valence-corrected chi connectivity index (χ4v) is 1.62. The van der Waals surface area contributed by atoms with E-state index in [-0.39, 0.29) is 0 Å². The number of alkyl halides is 1. The summed E-state index contributed by atoms with van der Waals surface area (Å²) in [5.74, 6) is 0. The lowest BCUT2D eigenvalue weighted by Crippen LogP contribution is -1.75. The lowest BCUT2D eigenvalue weighted by Gasteiger charge is -1.89. The highest BCUT2D eigenvalue weighted by molar-refractivity contribution is 9.09. The molecule has 1 aromatic carbocycles. The van der Waals surface area contributed by atoms with Gasteiger partial charge in [0.15, 0.2) is 0 Å². The molecular formula is C13H19BrOS. The Morgan fingerprint density at radius 2 is 1.81 bits per heavy atom. The minimum atomic E-state index is 0.688. The van der Waals surface area contributed by atoms with Gasteiger partial charge >= 0.3 is 0 Å². The average molecular weight is 303 g/mol. The van der Waals surface area contributed by atoms with Crippen LogP contribution in [0.1, 0.15) is 43.0 Å². The zero-order chi connectivity index (χ0) is 12.2. The zero-order valence-electron chi connectivity index (χ0n) is 9.66. The summed E-state index contributed by atoms with van der Waals surface area (Å²) in [6.45, 7) is 2.23. The fourth-order valence-electron chi connectivity index (χ4n) is 1.07. The fraction of sp³-hybridized carbons (Fsp3) is 0.462. The standard InChI is InChI=1S/C7H6OS.C6H13Br/c8-5-6-1-3-7(9)4-2-6;1-2-3-4-5-6-7/h1-5,9H;2-6H2,1H3. The number of hydrogen-bond acceptors (Lipinski definition) is 2. The molecule has 0 heterocycles. The first-order valence-corrected chi connectivity index (χ1v) is 7.11. The first-order valence-electron chi connectivity index (χ1n) is 5.54. The highest BCUT2D eigenvalue weighted by atomic mass is 79.9. The van der Waals surface area contributed by atoms with E-state index < -0.39 is 0 Å². The Morgan fingerprint density at radius 1 is 1.19 bits per heavy atom. The summed E-state index contributed by atoms with van der Waals surface area (Å²) >= 11 is 7.43. The number of halogens is 1. The third kappa shape index (κ3) is 8.98. The molecular weight excluding hydrogens is 284 g/mol. The number of aldehydes is 1. The van der Waals surface area contributed by atoms with E-state index in [1.165, 1.54) is 31.0 Å². The van der Waals surface area contributed by atoms with E-state index in [9.17, 15) is 4.79 Å². The molecule has 0 unspecified atom stereocenters. The molecule has 1 rings (SSSR count). The Morgan fingerprint density at radius 3 is 2.25 bits per heavy atom. The second-order valence-corrected chi connectivity index (χ2v) is 4.77. The van der Waals surface area contributed by atoms with Crippen molar-refractivity contribution in [1.29, 1.82) is 0 Å². The molecule has 0 aliphatic rings. The van der Waals surface area contributed by atoms with Crippen molar-refractivity contribution in [2.75, 3.05) is 5.33 Å². The van der Waals surface area contributed by atoms with Gasteiger partial charge in [0.1, 0.15) is 6.29 Å². The van der Waals surface area contributed by atoms with Crippen molar-refractivity contribution in [1.82, 2.24) is 0 Å². The summed E-state index contributed by atoms with van der Waals surface area (Å²) in [5, 5.41) is 1.17. The number of rotatable bonds is 5. The van der Waals surface area contributed by atoms with E-state index in [4.69, 9.17) is 0 Å². The maximum absolute atomic E-state index is 10.1. The van der Waals surface area contributed by atoms with E-state index in [1.54, 1.807) is 24.3 Å². The van der Waals surface area contributed by atoms with Gasteiger partial charge in [-0.2, -0.15) is 0 Å². The summed E-state index contributed by atoms with van der Waals surface area (Å²) in [7, 11) is 0. The summed E-state index contributed by atoms with van der Waals surface area (Å²) in [6.07, 6.45) is 6.28. The van der Waals surface area contributed by atoms with E-state index in [0.29, 0.717) is 5.56 Å². The van der Waals surface area contributed by atoms with Gasteiger partial charge in [0, 0.05) is 15.8 Å². The third-order valence-corrected chi connectivity index (χ3v) is 2.88. The number of unbranched alkanes of at least 4 members (excludes halogenated alkanes) is 3. The van der Waals surface area contributed by atoms with Crippen molar-refractivity contribution >= 4 is 34.8 Å². The highest BCUT2D eigenvalue weighted by Gasteiger charge is 1.85. The molecule has 1 aromatic rings. The number of hydrogen-bond donors (Lipinski definition) is 1. The Labute approximate surface area is 112 Å². The van der Waals surface area contributed by atoms with Gasteiger partial charge in [0.25, 0.3) is 0 Å². The summed E-state index contributed by atoms with van der Waals surface area (Å²) < 4.78 is 0. The van der Waals surface area contributed by atoms with Crippen molar-refractivity contribution in [3.63, 3.8) is 0 Å². The molecule has 0 saturated carbocycles. The van der Waals surface area contributed by atoms with Crippen molar-refractivity contribution < 1.29 is 4.79 Å². The molecule has 0 aromatic heterocycles. The van der Waals surface area contributed by atoms with Crippen LogP contribution in [-0.2, 0) is 0 Å². The maximum Gasteiger partial charge on any atom is 0.150 e. The second kappa shape index (κ2) is 11.2. The third-order valence-electron chi connectivity index (χ3n) is 2.02. The predicted molar refractivity (Wildman–Crippen MR) is 77.0 cm³/mol. The SMILES string of the molecule is CCCCCCBr.O=Cc1ccc(S)cc1. The van der Waals surface area contributed by atoms with Crippen LogP contribution in [-0.4, -0.2) is 11.6 Å². The maximum atomic E-state index is 10.1. The lowest BCUT2D eigenvalue weighted by atomic mass is 10.2. The molecule has 16 heavy (non-hydrogen) atoms. The quantitative estimate of drug-likeness (QED) is 0.359. The van der Waals surface area contributed by atoms with Crippen LogP contribution in [0, 0.1) is 0 Å². The normalized spacial score (nSPS) is 9.19. The molecule has 0 fully saturated rings. The van der Waals surface area contributed by atoms with Crippen LogP contribution < -0.4 is 0 Å². The second-order valence-electron chi connectivity index (χ2n) is 3.46. The summed E-state index contributed by atoms with van der Waals surface area (Å²) in [5.41, 5.74) is 0.688. The van der Waals surface area contributed by atoms with E-state index >= 15 is 0 Å². The molecule has 90 valence electrons. The molecule has 0 aliphatic heterocycles. The number of benzene rings is 1. The molecule has 0 amide bonds. The molecule has 0 saturated heterocycles. The molecule has 0 spiro atoms. The summed E-state index contributed by atoms with van der Waals surface area (Å²) in [6, 6.07) is 7.03. The van der Waals surface area contributed by atoms with E-state index in [0.717, 1.165) is 11.2 Å². The van der Waals surface area contributed by atoms with Crippen molar-refractivity contribution in [2.24, 2.45) is 0 Å². The van der Waals surface area contributed by atoms with Crippen LogP contribution in [0.5, 0.6) is 0 Å². The molecule has 0 N–H and O–H groups in total. The van der Waals surface area contributed by atoms with Crippen molar-refractivity contribution in [3.05, 3.63) is 29.8 Å².